The fourth-order valence-electron chi connectivity index (χ4n) is 4.72. The third-order valence-corrected chi connectivity index (χ3v) is 6.85. The molecular formula is C33H33N3O5. The molecule has 210 valence electrons. The zero-order valence-electron chi connectivity index (χ0n) is 22.6. The molecule has 0 radical (unpaired) electrons. The number of aromatic nitrogens is 1. The van der Waals surface area contributed by atoms with Crippen molar-refractivity contribution in [2.24, 2.45) is 0 Å². The van der Waals surface area contributed by atoms with Gasteiger partial charge in [-0.25, -0.2) is 0 Å². The van der Waals surface area contributed by atoms with E-state index < -0.39 is 12.0 Å². The first-order valence-electron chi connectivity index (χ1n) is 13.5. The number of carbonyl (C=O) groups is 3. The van der Waals surface area contributed by atoms with E-state index in [9.17, 15) is 24.6 Å². The average Bonchev–Trinajstić information content (AvgIpc) is 3.01. The fraction of sp³-hybridized carbons (Fsp3) is 0.212. The van der Waals surface area contributed by atoms with Crippen LogP contribution in [0.2, 0.25) is 0 Å². The Morgan fingerprint density at radius 1 is 0.780 bits per heavy atom. The highest BCUT2D eigenvalue weighted by Gasteiger charge is 2.23. The summed E-state index contributed by atoms with van der Waals surface area (Å²) < 4.78 is 0. The van der Waals surface area contributed by atoms with Gasteiger partial charge in [-0.15, -0.1) is 0 Å². The van der Waals surface area contributed by atoms with Crippen LogP contribution in [-0.4, -0.2) is 57.6 Å². The van der Waals surface area contributed by atoms with Crippen LogP contribution in [0.5, 0.6) is 0 Å². The molecule has 1 unspecified atom stereocenters. The highest BCUT2D eigenvalue weighted by molar-refractivity contribution is 6.06. The summed E-state index contributed by atoms with van der Waals surface area (Å²) >= 11 is 0. The molecule has 0 saturated carbocycles. The molecule has 4 rings (SSSR count). The van der Waals surface area contributed by atoms with Crippen molar-refractivity contribution in [3.63, 3.8) is 0 Å². The molecule has 0 aliphatic heterocycles. The maximum Gasteiger partial charge on any atom is 0.305 e. The molecule has 0 bridgehead atoms. The lowest BCUT2D eigenvalue weighted by molar-refractivity contribution is -0.137. The molecule has 0 spiro atoms. The van der Waals surface area contributed by atoms with E-state index >= 15 is 0 Å². The number of carbonyl (C=O) groups excluding carboxylic acids is 2. The molecule has 0 saturated heterocycles. The predicted molar refractivity (Wildman–Crippen MR) is 156 cm³/mol. The van der Waals surface area contributed by atoms with Gasteiger partial charge in [-0.3, -0.25) is 19.4 Å². The summed E-state index contributed by atoms with van der Waals surface area (Å²) in [6.45, 7) is 0.284. The van der Waals surface area contributed by atoms with Gasteiger partial charge in [0.05, 0.1) is 12.5 Å². The van der Waals surface area contributed by atoms with Crippen LogP contribution < -0.4 is 5.32 Å². The lowest BCUT2D eigenvalue weighted by Crippen LogP contribution is -2.35. The molecule has 1 atom stereocenters. The molecule has 0 fully saturated rings. The number of aliphatic carboxylic acids is 1. The quantitative estimate of drug-likeness (QED) is 0.220. The standard InChI is InChI=1S/C33H33N3O5/c37-23-18-30(25-8-2-1-3-9-25)35-32(40)28-12-6-4-10-26(28)27-11-5-7-13-29(27)33(41)36(22-17-31(38)39)21-16-24-14-19-34-20-15-24/h1-15,19-20,30,37H,16-18,21-23H2,(H,35,40)(H,38,39). The minimum absolute atomic E-state index is 0.0512. The van der Waals surface area contributed by atoms with Gasteiger partial charge in [0.15, 0.2) is 0 Å². The maximum absolute atomic E-state index is 13.9. The number of aliphatic hydroxyl groups is 1. The van der Waals surface area contributed by atoms with Gasteiger partial charge in [0.2, 0.25) is 0 Å². The third kappa shape index (κ3) is 7.86. The normalized spacial score (nSPS) is 11.4. The van der Waals surface area contributed by atoms with Crippen molar-refractivity contribution in [1.82, 2.24) is 15.2 Å². The van der Waals surface area contributed by atoms with E-state index in [4.69, 9.17) is 0 Å². The zero-order valence-corrected chi connectivity index (χ0v) is 22.6. The van der Waals surface area contributed by atoms with Gasteiger partial charge in [-0.1, -0.05) is 66.7 Å². The van der Waals surface area contributed by atoms with Crippen LogP contribution in [0.25, 0.3) is 11.1 Å². The summed E-state index contributed by atoms with van der Waals surface area (Å²) in [5.74, 6) is -1.63. The van der Waals surface area contributed by atoms with Crippen LogP contribution in [0.4, 0.5) is 0 Å². The van der Waals surface area contributed by atoms with E-state index in [2.05, 4.69) is 10.3 Å². The minimum atomic E-state index is -0.988. The number of amides is 2. The van der Waals surface area contributed by atoms with Crippen molar-refractivity contribution >= 4 is 17.8 Å². The number of benzene rings is 3. The van der Waals surface area contributed by atoms with Crippen molar-refractivity contribution in [1.29, 1.82) is 0 Å². The number of hydrogen-bond acceptors (Lipinski definition) is 5. The van der Waals surface area contributed by atoms with Gasteiger partial charge in [0.1, 0.15) is 0 Å². The Balaban J connectivity index is 1.64. The summed E-state index contributed by atoms with van der Waals surface area (Å²) in [6.07, 6.45) is 4.07. The highest BCUT2D eigenvalue weighted by Crippen LogP contribution is 2.29. The van der Waals surface area contributed by atoms with E-state index in [1.165, 1.54) is 0 Å². The Morgan fingerprint density at radius 3 is 2.05 bits per heavy atom. The molecule has 41 heavy (non-hydrogen) atoms. The molecule has 3 aromatic carbocycles. The molecule has 1 heterocycles. The molecule has 0 aliphatic rings. The van der Waals surface area contributed by atoms with Crippen molar-refractivity contribution in [3.05, 3.63) is 126 Å². The highest BCUT2D eigenvalue weighted by atomic mass is 16.4. The van der Waals surface area contributed by atoms with E-state index in [0.717, 1.165) is 11.1 Å². The van der Waals surface area contributed by atoms with Crippen molar-refractivity contribution in [2.75, 3.05) is 19.7 Å². The van der Waals surface area contributed by atoms with E-state index in [-0.39, 0.29) is 31.4 Å². The van der Waals surface area contributed by atoms with Crippen LogP contribution in [0.1, 0.15) is 50.7 Å². The second-order valence-electron chi connectivity index (χ2n) is 9.58. The lowest BCUT2D eigenvalue weighted by Gasteiger charge is -2.24. The van der Waals surface area contributed by atoms with Crippen LogP contribution in [0.3, 0.4) is 0 Å². The predicted octanol–water partition coefficient (Wildman–Crippen LogP) is 4.76. The van der Waals surface area contributed by atoms with Crippen LogP contribution in [0, 0.1) is 0 Å². The van der Waals surface area contributed by atoms with Crippen molar-refractivity contribution < 1.29 is 24.6 Å². The Morgan fingerprint density at radius 2 is 1.39 bits per heavy atom. The first-order chi connectivity index (χ1) is 20.0. The summed E-state index contributed by atoms with van der Waals surface area (Å²) in [6, 6.07) is 26.9. The van der Waals surface area contributed by atoms with Gasteiger partial charge >= 0.3 is 5.97 Å². The second kappa shape index (κ2) is 14.5. The van der Waals surface area contributed by atoms with E-state index in [1.54, 1.807) is 65.8 Å². The van der Waals surface area contributed by atoms with Crippen molar-refractivity contribution in [2.45, 2.75) is 25.3 Å². The number of rotatable bonds is 13. The van der Waals surface area contributed by atoms with Crippen LogP contribution >= 0.6 is 0 Å². The number of hydrogen-bond donors (Lipinski definition) is 3. The third-order valence-electron chi connectivity index (χ3n) is 6.85. The first-order valence-corrected chi connectivity index (χ1v) is 13.5. The maximum atomic E-state index is 13.9. The van der Waals surface area contributed by atoms with Crippen LogP contribution in [-0.2, 0) is 11.2 Å². The summed E-state index contributed by atoms with van der Waals surface area (Å²) in [5.41, 5.74) is 3.79. The van der Waals surface area contributed by atoms with Gasteiger partial charge in [0.25, 0.3) is 11.8 Å². The Kier molecular flexibility index (Phi) is 10.3. The minimum Gasteiger partial charge on any atom is -0.481 e. The molecule has 2 amide bonds. The zero-order chi connectivity index (χ0) is 29.0. The van der Waals surface area contributed by atoms with Crippen molar-refractivity contribution in [3.8, 4) is 11.1 Å². The van der Waals surface area contributed by atoms with Crippen LogP contribution in [0.15, 0.2) is 103 Å². The second-order valence-corrected chi connectivity index (χ2v) is 9.58. The summed E-state index contributed by atoms with van der Waals surface area (Å²) in [5, 5.41) is 22.0. The van der Waals surface area contributed by atoms with E-state index in [0.29, 0.717) is 41.6 Å². The Labute approximate surface area is 239 Å². The number of nitrogens with one attached hydrogen (secondary N) is 1. The average molecular weight is 552 g/mol. The smallest absolute Gasteiger partial charge is 0.305 e. The molecule has 0 aliphatic carbocycles. The fourth-order valence-corrected chi connectivity index (χ4v) is 4.72. The summed E-state index contributed by atoms with van der Waals surface area (Å²) in [7, 11) is 0. The Bertz CT molecular complexity index is 1460. The largest absolute Gasteiger partial charge is 0.481 e. The molecule has 8 nitrogen and oxygen atoms in total. The molecule has 1 aromatic heterocycles. The van der Waals surface area contributed by atoms with E-state index in [1.807, 2.05) is 42.5 Å². The number of pyridine rings is 1. The SMILES string of the molecule is O=C(O)CCN(CCc1ccncc1)C(=O)c1ccccc1-c1ccccc1C(=O)NC(CCO)c1ccccc1. The monoisotopic (exact) mass is 551 g/mol. The topological polar surface area (TPSA) is 120 Å². The van der Waals surface area contributed by atoms with Gasteiger partial charge < -0.3 is 20.4 Å². The molecular weight excluding hydrogens is 518 g/mol. The number of aliphatic hydroxyl groups excluding tert-OH is 1. The molecule has 8 heteroatoms. The van der Waals surface area contributed by atoms with Gasteiger partial charge in [-0.05, 0) is 59.4 Å². The van der Waals surface area contributed by atoms with Gasteiger partial charge in [0, 0.05) is 43.2 Å². The number of carboxylic acid groups (broad SMARTS) is 1. The number of nitrogens with zero attached hydrogens (tertiary/aromatic N) is 2. The number of carboxylic acids is 1. The lowest BCUT2D eigenvalue weighted by atomic mass is 9.93. The summed E-state index contributed by atoms with van der Waals surface area (Å²) in [4.78, 5) is 44.4. The first kappa shape index (κ1) is 29.2. The van der Waals surface area contributed by atoms with Gasteiger partial charge in [-0.2, -0.15) is 0 Å². The Hall–Kier alpha value is -4.82. The molecule has 3 N–H and O–H groups in total. The molecule has 4 aromatic rings.